The molecule has 2 heterocycles. The fourth-order valence-electron chi connectivity index (χ4n) is 5.70. The van der Waals surface area contributed by atoms with Crippen molar-refractivity contribution in [2.24, 2.45) is 0 Å². The number of fused-ring (bicyclic) bond motifs is 5. The summed E-state index contributed by atoms with van der Waals surface area (Å²) in [4.78, 5) is 0. The summed E-state index contributed by atoms with van der Waals surface area (Å²) in [5.41, 5.74) is 11.3. The maximum absolute atomic E-state index is 2.70. The summed E-state index contributed by atoms with van der Waals surface area (Å²) in [5, 5.41) is 1.34. The summed E-state index contributed by atoms with van der Waals surface area (Å²) in [6.07, 6.45) is 4.61. The van der Waals surface area contributed by atoms with Crippen LogP contribution in [0.2, 0.25) is 0 Å². The second-order valence-electron chi connectivity index (χ2n) is 9.13. The number of nitrogens with zero attached hydrogens (tertiary/aromatic N) is 1. The fraction of sp³-hybridized carbons (Fsp3) is 0.300. The van der Waals surface area contributed by atoms with Crippen molar-refractivity contribution < 1.29 is 4.57 Å². The van der Waals surface area contributed by atoms with Gasteiger partial charge in [-0.15, -0.1) is 0 Å². The number of aromatic nitrogens is 1. The van der Waals surface area contributed by atoms with Crippen LogP contribution in [0, 0.1) is 13.8 Å². The molecule has 0 unspecified atom stereocenters. The van der Waals surface area contributed by atoms with Gasteiger partial charge in [0.25, 0.3) is 0 Å². The molecule has 1 heteroatoms. The third kappa shape index (κ3) is 3.02. The summed E-state index contributed by atoms with van der Waals surface area (Å²) < 4.78 is 2.70. The summed E-state index contributed by atoms with van der Waals surface area (Å²) in [6.45, 7) is 9.29. The molecule has 0 saturated carbocycles. The standard InChI is InChI=1S/C30H32N/c1-5-30(6-2)19-18-24-22(4)21(3)16-17-26(24)29-20-27(23-12-8-7-9-13-23)25-14-10-11-15-28(25)31(29)30/h7-17,20H,5-6,18-19H2,1-4H3/q+1. The Bertz CT molecular complexity index is 1260. The van der Waals surface area contributed by atoms with E-state index in [4.69, 9.17) is 0 Å². The lowest BCUT2D eigenvalue weighted by Gasteiger charge is -2.28. The van der Waals surface area contributed by atoms with Crippen molar-refractivity contribution in [2.75, 3.05) is 0 Å². The van der Waals surface area contributed by atoms with E-state index in [0.29, 0.717) is 0 Å². The molecule has 0 spiro atoms. The van der Waals surface area contributed by atoms with Crippen molar-refractivity contribution in [2.45, 2.75) is 58.9 Å². The number of rotatable bonds is 3. The van der Waals surface area contributed by atoms with Gasteiger partial charge in [0.05, 0.1) is 5.39 Å². The van der Waals surface area contributed by atoms with Crippen molar-refractivity contribution in [3.63, 3.8) is 0 Å². The van der Waals surface area contributed by atoms with Crippen molar-refractivity contribution in [3.05, 3.63) is 89.5 Å². The molecule has 5 rings (SSSR count). The Kier molecular flexibility index (Phi) is 4.93. The lowest BCUT2D eigenvalue weighted by molar-refractivity contribution is -0.734. The van der Waals surface area contributed by atoms with Crippen molar-refractivity contribution in [1.29, 1.82) is 0 Å². The van der Waals surface area contributed by atoms with Gasteiger partial charge in [-0.3, -0.25) is 0 Å². The fourth-order valence-corrected chi connectivity index (χ4v) is 5.70. The van der Waals surface area contributed by atoms with Crippen LogP contribution in [-0.2, 0) is 12.0 Å². The third-order valence-corrected chi connectivity index (χ3v) is 7.82. The van der Waals surface area contributed by atoms with Gasteiger partial charge in [-0.05, 0) is 54.7 Å². The molecule has 0 saturated heterocycles. The first kappa shape index (κ1) is 20.0. The molecule has 4 aromatic rings. The van der Waals surface area contributed by atoms with E-state index in [-0.39, 0.29) is 5.54 Å². The van der Waals surface area contributed by atoms with E-state index in [1.165, 1.54) is 56.4 Å². The molecule has 156 valence electrons. The van der Waals surface area contributed by atoms with Crippen LogP contribution in [0.1, 0.15) is 49.8 Å². The van der Waals surface area contributed by atoms with Crippen LogP contribution in [0.4, 0.5) is 0 Å². The van der Waals surface area contributed by atoms with Gasteiger partial charge in [0.2, 0.25) is 11.2 Å². The molecular weight excluding hydrogens is 374 g/mol. The maximum atomic E-state index is 2.70. The third-order valence-electron chi connectivity index (χ3n) is 7.82. The molecule has 0 atom stereocenters. The first-order valence-electron chi connectivity index (χ1n) is 11.7. The molecule has 0 aliphatic carbocycles. The SMILES string of the molecule is CCC1(CC)CCc2c(ccc(C)c2C)-c2cc(-c3ccccc3)c3ccccc3[n+]21. The predicted octanol–water partition coefficient (Wildman–Crippen LogP) is 7.54. The van der Waals surface area contributed by atoms with Crippen LogP contribution in [0.5, 0.6) is 0 Å². The van der Waals surface area contributed by atoms with E-state index in [1.54, 1.807) is 0 Å². The highest BCUT2D eigenvalue weighted by Gasteiger charge is 2.43. The van der Waals surface area contributed by atoms with Crippen molar-refractivity contribution in [1.82, 2.24) is 0 Å². The van der Waals surface area contributed by atoms with Crippen LogP contribution in [0.3, 0.4) is 0 Å². The zero-order valence-electron chi connectivity index (χ0n) is 19.2. The van der Waals surface area contributed by atoms with Gasteiger partial charge in [-0.2, -0.15) is 4.57 Å². The van der Waals surface area contributed by atoms with E-state index in [0.717, 1.165) is 19.3 Å². The number of para-hydroxylation sites is 1. The van der Waals surface area contributed by atoms with Gasteiger partial charge >= 0.3 is 0 Å². The number of pyridine rings is 1. The van der Waals surface area contributed by atoms with Gasteiger partial charge in [-0.25, -0.2) is 0 Å². The summed E-state index contributed by atoms with van der Waals surface area (Å²) in [5.74, 6) is 0. The highest BCUT2D eigenvalue weighted by atomic mass is 15.1. The Labute approximate surface area is 186 Å². The number of hydrogen-bond acceptors (Lipinski definition) is 0. The molecule has 31 heavy (non-hydrogen) atoms. The van der Waals surface area contributed by atoms with E-state index < -0.39 is 0 Å². The Morgan fingerprint density at radius 2 is 1.52 bits per heavy atom. The summed E-state index contributed by atoms with van der Waals surface area (Å²) in [7, 11) is 0. The van der Waals surface area contributed by atoms with Gasteiger partial charge in [-0.1, -0.05) is 62.4 Å². The van der Waals surface area contributed by atoms with Crippen LogP contribution < -0.4 is 4.57 Å². The van der Waals surface area contributed by atoms with Crippen LogP contribution in [0.25, 0.3) is 33.3 Å². The maximum Gasteiger partial charge on any atom is 0.214 e. The lowest BCUT2D eigenvalue weighted by Crippen LogP contribution is -2.57. The topological polar surface area (TPSA) is 3.88 Å². The molecule has 1 aromatic heterocycles. The zero-order valence-corrected chi connectivity index (χ0v) is 19.2. The van der Waals surface area contributed by atoms with Gasteiger partial charge < -0.3 is 0 Å². The first-order chi connectivity index (χ1) is 15.1. The zero-order chi connectivity index (χ0) is 21.6. The molecule has 0 radical (unpaired) electrons. The van der Waals surface area contributed by atoms with E-state index in [9.17, 15) is 0 Å². The molecule has 1 aliphatic rings. The summed E-state index contributed by atoms with van der Waals surface area (Å²) in [6, 6.07) is 27.0. The molecule has 0 amide bonds. The normalized spacial score (nSPS) is 14.7. The number of hydrogen-bond donors (Lipinski definition) is 0. The number of aryl methyl sites for hydroxylation is 1. The van der Waals surface area contributed by atoms with Crippen LogP contribution in [-0.4, -0.2) is 0 Å². The first-order valence-corrected chi connectivity index (χ1v) is 11.7. The molecule has 0 fully saturated rings. The molecule has 3 aromatic carbocycles. The quantitative estimate of drug-likeness (QED) is 0.309. The van der Waals surface area contributed by atoms with E-state index in [1.807, 2.05) is 0 Å². The average Bonchev–Trinajstić information content (AvgIpc) is 2.97. The van der Waals surface area contributed by atoms with Gasteiger partial charge in [0, 0.05) is 42.5 Å². The number of benzene rings is 3. The smallest absolute Gasteiger partial charge is 0.186 e. The minimum Gasteiger partial charge on any atom is -0.186 e. The molecular formula is C30H32N+. The highest BCUT2D eigenvalue weighted by Crippen LogP contribution is 2.41. The Morgan fingerprint density at radius 3 is 2.26 bits per heavy atom. The average molecular weight is 407 g/mol. The Balaban J connectivity index is 1.97. The second-order valence-corrected chi connectivity index (χ2v) is 9.13. The minimum absolute atomic E-state index is 0.128. The molecule has 0 bridgehead atoms. The Hall–Kier alpha value is -2.93. The van der Waals surface area contributed by atoms with E-state index in [2.05, 4.69) is 105 Å². The van der Waals surface area contributed by atoms with Crippen molar-refractivity contribution >= 4 is 10.9 Å². The van der Waals surface area contributed by atoms with Crippen LogP contribution in [0.15, 0.2) is 72.8 Å². The van der Waals surface area contributed by atoms with Crippen molar-refractivity contribution in [3.8, 4) is 22.4 Å². The van der Waals surface area contributed by atoms with Crippen LogP contribution >= 0.6 is 0 Å². The second kappa shape index (κ2) is 7.64. The largest absolute Gasteiger partial charge is 0.214 e. The molecule has 1 aliphatic heterocycles. The molecule has 1 nitrogen and oxygen atoms in total. The van der Waals surface area contributed by atoms with Gasteiger partial charge in [0.15, 0.2) is 5.54 Å². The van der Waals surface area contributed by atoms with E-state index >= 15 is 0 Å². The van der Waals surface area contributed by atoms with Gasteiger partial charge in [0.1, 0.15) is 0 Å². The molecule has 0 N–H and O–H groups in total. The predicted molar refractivity (Wildman–Crippen MR) is 131 cm³/mol. The Morgan fingerprint density at radius 1 is 0.806 bits per heavy atom. The summed E-state index contributed by atoms with van der Waals surface area (Å²) >= 11 is 0. The monoisotopic (exact) mass is 406 g/mol. The lowest BCUT2D eigenvalue weighted by atomic mass is 9.85. The minimum atomic E-state index is 0.128. The highest BCUT2D eigenvalue weighted by molar-refractivity contribution is 5.94.